The van der Waals surface area contributed by atoms with Crippen LogP contribution < -0.4 is 25.8 Å². The molecule has 0 bridgehead atoms. The quantitative estimate of drug-likeness (QED) is 0.245. The highest BCUT2D eigenvalue weighted by molar-refractivity contribution is 6.05. The molecule has 0 saturated heterocycles. The maximum Gasteiger partial charge on any atom is 0.255 e. The van der Waals surface area contributed by atoms with Crippen LogP contribution in [-0.4, -0.2) is 61.5 Å². The maximum atomic E-state index is 12.6. The molecule has 0 aliphatic heterocycles. The summed E-state index contributed by atoms with van der Waals surface area (Å²) >= 11 is 0. The van der Waals surface area contributed by atoms with E-state index in [0.29, 0.717) is 66.2 Å². The molecule has 1 amide bonds. The van der Waals surface area contributed by atoms with Crippen molar-refractivity contribution in [2.24, 2.45) is 0 Å². The lowest BCUT2D eigenvalue weighted by Gasteiger charge is -2.15. The first-order valence-corrected chi connectivity index (χ1v) is 11.5. The number of hydrogen-bond donors (Lipinski definition) is 3. The number of methoxy groups -OCH3 is 2. The van der Waals surface area contributed by atoms with Gasteiger partial charge in [-0.25, -0.2) is 9.97 Å². The van der Waals surface area contributed by atoms with Crippen LogP contribution in [0, 0.1) is 0 Å². The van der Waals surface area contributed by atoms with Crippen LogP contribution in [0.3, 0.4) is 0 Å². The number of nitrogen functional groups attached to an aromatic ring is 1. The van der Waals surface area contributed by atoms with Gasteiger partial charge in [0.1, 0.15) is 25.4 Å². The highest BCUT2D eigenvalue weighted by atomic mass is 16.5. The number of benzene rings is 2. The average molecular weight is 505 g/mol. The topological polar surface area (TPSA) is 143 Å². The smallest absolute Gasteiger partial charge is 0.255 e. The summed E-state index contributed by atoms with van der Waals surface area (Å²) in [5.74, 6) is 1.39. The van der Waals surface area contributed by atoms with Gasteiger partial charge in [0.05, 0.1) is 36.3 Å². The fraction of sp³-hybridized carbons (Fsp3) is 0.231. The molecule has 4 rings (SSSR count). The number of ether oxygens (including phenoxy) is 4. The predicted molar refractivity (Wildman–Crippen MR) is 141 cm³/mol. The van der Waals surface area contributed by atoms with Crippen molar-refractivity contribution >= 4 is 39.7 Å². The Morgan fingerprint density at radius 1 is 0.919 bits per heavy atom. The number of carbonyl (C=O) groups excluding carboxylic acids is 1. The van der Waals surface area contributed by atoms with Crippen molar-refractivity contribution in [3.05, 3.63) is 66.7 Å². The Morgan fingerprint density at radius 2 is 1.62 bits per heavy atom. The zero-order chi connectivity index (χ0) is 26.0. The van der Waals surface area contributed by atoms with E-state index >= 15 is 0 Å². The van der Waals surface area contributed by atoms with Crippen molar-refractivity contribution in [3.8, 4) is 11.5 Å². The molecule has 0 unspecified atom stereocenters. The number of hydrogen-bond acceptors (Lipinski definition) is 10. The molecule has 0 radical (unpaired) electrons. The summed E-state index contributed by atoms with van der Waals surface area (Å²) in [6.07, 6.45) is 4.52. The molecule has 4 N–H and O–H groups in total. The van der Waals surface area contributed by atoms with E-state index < -0.39 is 0 Å². The van der Waals surface area contributed by atoms with E-state index in [-0.39, 0.29) is 5.91 Å². The van der Waals surface area contributed by atoms with Crippen LogP contribution in [0.1, 0.15) is 10.4 Å². The van der Waals surface area contributed by atoms with Gasteiger partial charge < -0.3 is 35.3 Å². The Bertz CT molecular complexity index is 1350. The van der Waals surface area contributed by atoms with E-state index in [1.807, 2.05) is 6.07 Å². The highest BCUT2D eigenvalue weighted by Crippen LogP contribution is 2.35. The first kappa shape index (κ1) is 25.6. The van der Waals surface area contributed by atoms with Crippen LogP contribution >= 0.6 is 0 Å². The number of anilines is 4. The molecule has 2 heterocycles. The normalized spacial score (nSPS) is 10.8. The number of nitrogens with one attached hydrogen (secondary N) is 2. The van der Waals surface area contributed by atoms with E-state index in [9.17, 15) is 4.79 Å². The Balaban J connectivity index is 1.54. The fourth-order valence-corrected chi connectivity index (χ4v) is 3.42. The van der Waals surface area contributed by atoms with Crippen molar-refractivity contribution in [2.75, 3.05) is 57.0 Å². The summed E-state index contributed by atoms with van der Waals surface area (Å²) in [6, 6.07) is 12.3. The molecule has 0 aliphatic rings. The number of rotatable bonds is 12. The van der Waals surface area contributed by atoms with Crippen LogP contribution in [-0.2, 0) is 9.47 Å². The summed E-state index contributed by atoms with van der Waals surface area (Å²) in [4.78, 5) is 25.3. The first-order valence-electron chi connectivity index (χ1n) is 11.5. The van der Waals surface area contributed by atoms with Crippen molar-refractivity contribution in [1.29, 1.82) is 0 Å². The average Bonchev–Trinajstić information content (AvgIpc) is 2.91. The summed E-state index contributed by atoms with van der Waals surface area (Å²) in [5.41, 5.74) is 8.64. The summed E-state index contributed by atoms with van der Waals surface area (Å²) in [5, 5.41) is 6.81. The molecule has 2 aromatic heterocycles. The van der Waals surface area contributed by atoms with Crippen LogP contribution in [0.25, 0.3) is 10.9 Å². The van der Waals surface area contributed by atoms with Gasteiger partial charge in [-0.2, -0.15) is 0 Å². The van der Waals surface area contributed by atoms with Gasteiger partial charge in [0.15, 0.2) is 11.5 Å². The van der Waals surface area contributed by atoms with E-state index in [0.717, 1.165) is 11.1 Å². The van der Waals surface area contributed by atoms with Crippen molar-refractivity contribution in [3.63, 3.8) is 0 Å². The Morgan fingerprint density at radius 3 is 2.30 bits per heavy atom. The summed E-state index contributed by atoms with van der Waals surface area (Å²) in [7, 11) is 3.22. The lowest BCUT2D eigenvalue weighted by atomic mass is 10.1. The van der Waals surface area contributed by atoms with Crippen molar-refractivity contribution in [1.82, 2.24) is 15.0 Å². The highest BCUT2D eigenvalue weighted by Gasteiger charge is 2.14. The van der Waals surface area contributed by atoms with E-state index in [1.165, 1.54) is 12.5 Å². The van der Waals surface area contributed by atoms with Crippen LogP contribution in [0.4, 0.5) is 22.9 Å². The molecule has 0 aliphatic carbocycles. The number of carbonyl (C=O) groups is 1. The number of aromatic nitrogens is 3. The van der Waals surface area contributed by atoms with Gasteiger partial charge in [0, 0.05) is 43.1 Å². The molecular formula is C26H28N6O5. The molecule has 0 fully saturated rings. The summed E-state index contributed by atoms with van der Waals surface area (Å²) < 4.78 is 21.9. The van der Waals surface area contributed by atoms with Gasteiger partial charge in [-0.05, 0) is 36.4 Å². The van der Waals surface area contributed by atoms with E-state index in [1.54, 1.807) is 56.8 Å². The molecular weight excluding hydrogens is 476 g/mol. The Labute approximate surface area is 213 Å². The fourth-order valence-electron chi connectivity index (χ4n) is 3.42. The van der Waals surface area contributed by atoms with Gasteiger partial charge in [0.25, 0.3) is 5.91 Å². The lowest BCUT2D eigenvalue weighted by molar-refractivity contribution is 0.102. The second kappa shape index (κ2) is 12.5. The summed E-state index contributed by atoms with van der Waals surface area (Å²) in [6.45, 7) is 1.59. The molecule has 0 saturated carbocycles. The first-order chi connectivity index (χ1) is 18.1. The van der Waals surface area contributed by atoms with Crippen molar-refractivity contribution in [2.45, 2.75) is 0 Å². The van der Waals surface area contributed by atoms with E-state index in [4.69, 9.17) is 24.7 Å². The molecule has 192 valence electrons. The molecule has 37 heavy (non-hydrogen) atoms. The Kier molecular flexibility index (Phi) is 8.63. The number of amides is 1. The largest absolute Gasteiger partial charge is 0.487 e. The second-order valence-corrected chi connectivity index (χ2v) is 7.84. The third-order valence-corrected chi connectivity index (χ3v) is 5.30. The molecule has 0 spiro atoms. The van der Waals surface area contributed by atoms with E-state index in [2.05, 4.69) is 25.6 Å². The van der Waals surface area contributed by atoms with Gasteiger partial charge in [0.2, 0.25) is 0 Å². The molecule has 0 atom stereocenters. The Hall–Kier alpha value is -4.48. The van der Waals surface area contributed by atoms with Crippen LogP contribution in [0.15, 0.2) is 61.2 Å². The maximum absolute atomic E-state index is 12.6. The van der Waals surface area contributed by atoms with Gasteiger partial charge in [-0.15, -0.1) is 0 Å². The monoisotopic (exact) mass is 504 g/mol. The SMILES string of the molecule is COCCOc1cc2ncnc(Nc3ccc(C(=O)Nc4ccncc4N)cc3)c2cc1OCCOC. The van der Waals surface area contributed by atoms with Gasteiger partial charge in [-0.3, -0.25) is 9.78 Å². The number of pyridine rings is 1. The predicted octanol–water partition coefficient (Wildman–Crippen LogP) is 3.65. The zero-order valence-electron chi connectivity index (χ0n) is 20.6. The van der Waals surface area contributed by atoms with Crippen LogP contribution in [0.2, 0.25) is 0 Å². The second-order valence-electron chi connectivity index (χ2n) is 7.84. The minimum atomic E-state index is -0.282. The lowest BCUT2D eigenvalue weighted by Crippen LogP contribution is -2.13. The van der Waals surface area contributed by atoms with Gasteiger partial charge in [-0.1, -0.05) is 0 Å². The standard InChI is InChI=1S/C26H28N6O5/c1-34-9-11-36-23-13-19-22(14-24(23)37-12-10-35-2)29-16-30-25(19)31-18-5-3-17(4-6-18)26(33)32-21-7-8-28-15-20(21)27/h3-8,13-16H,9-12,27H2,1-2H3,(H,28,32,33)(H,29,30,31). The minimum Gasteiger partial charge on any atom is -0.487 e. The number of nitrogens with two attached hydrogens (primary N) is 1. The minimum absolute atomic E-state index is 0.282. The van der Waals surface area contributed by atoms with Crippen molar-refractivity contribution < 1.29 is 23.7 Å². The molecule has 4 aromatic rings. The zero-order valence-corrected chi connectivity index (χ0v) is 20.6. The number of nitrogens with zero attached hydrogens (tertiary/aromatic N) is 3. The van der Waals surface area contributed by atoms with Crippen LogP contribution in [0.5, 0.6) is 11.5 Å². The van der Waals surface area contributed by atoms with Gasteiger partial charge >= 0.3 is 0 Å². The number of fused-ring (bicyclic) bond motifs is 1. The molecule has 11 heteroatoms. The third-order valence-electron chi connectivity index (χ3n) is 5.30. The third kappa shape index (κ3) is 6.60. The molecule has 11 nitrogen and oxygen atoms in total. The molecule has 2 aromatic carbocycles.